The first-order chi connectivity index (χ1) is 11.8. The molecule has 0 bridgehead atoms. The zero-order valence-corrected chi connectivity index (χ0v) is 16.9. The molecule has 3 heteroatoms. The second-order valence-corrected chi connectivity index (χ2v) is 8.58. The molecular weight excluding hydrogens is 324 g/mol. The maximum atomic E-state index is 6.09. The van der Waals surface area contributed by atoms with E-state index < -0.39 is 0 Å². The van der Waals surface area contributed by atoms with E-state index in [4.69, 9.17) is 5.73 Å². The zero-order chi connectivity index (χ0) is 18.4. The summed E-state index contributed by atoms with van der Waals surface area (Å²) >= 11 is 1.58. The summed E-state index contributed by atoms with van der Waals surface area (Å²) in [5.74, 6) is 1.42. The van der Waals surface area contributed by atoms with Crippen molar-refractivity contribution in [2.24, 2.45) is 10.7 Å². The number of thioether (sulfide) groups is 1. The molecule has 0 spiro atoms. The van der Waals surface area contributed by atoms with Crippen molar-refractivity contribution < 1.29 is 0 Å². The van der Waals surface area contributed by atoms with Crippen molar-refractivity contribution in [3.8, 4) is 0 Å². The predicted octanol–water partition coefficient (Wildman–Crippen LogP) is 6.38. The summed E-state index contributed by atoms with van der Waals surface area (Å²) in [6, 6.07) is 17.2. The van der Waals surface area contributed by atoms with Crippen molar-refractivity contribution in [1.82, 2.24) is 0 Å². The average Bonchev–Trinajstić information content (AvgIpc) is 2.59. The van der Waals surface area contributed by atoms with Crippen LogP contribution in [0, 0.1) is 0 Å². The fourth-order valence-electron chi connectivity index (χ4n) is 2.53. The van der Waals surface area contributed by atoms with Crippen LogP contribution in [0.4, 0.5) is 5.69 Å². The van der Waals surface area contributed by atoms with Gasteiger partial charge in [0.2, 0.25) is 0 Å². The molecule has 0 radical (unpaired) electrons. The van der Waals surface area contributed by atoms with Gasteiger partial charge in [-0.1, -0.05) is 82.8 Å². The number of aliphatic imine (C=N–C) groups is 1. The van der Waals surface area contributed by atoms with Gasteiger partial charge < -0.3 is 5.73 Å². The molecule has 0 saturated carbocycles. The second kappa shape index (κ2) is 8.57. The summed E-state index contributed by atoms with van der Waals surface area (Å²) < 4.78 is 0. The van der Waals surface area contributed by atoms with Gasteiger partial charge in [-0.15, -0.1) is 0 Å². The third-order valence-corrected chi connectivity index (χ3v) is 5.39. The molecule has 2 N–H and O–H groups in total. The lowest BCUT2D eigenvalue weighted by atomic mass is 9.87. The molecule has 134 valence electrons. The van der Waals surface area contributed by atoms with Crippen LogP contribution in [0.15, 0.2) is 53.5 Å². The summed E-state index contributed by atoms with van der Waals surface area (Å²) in [7, 11) is 0. The van der Waals surface area contributed by atoms with Crippen molar-refractivity contribution in [2.45, 2.75) is 58.1 Å². The van der Waals surface area contributed by atoms with Crippen molar-refractivity contribution in [3.05, 3.63) is 65.2 Å². The first-order valence-electron chi connectivity index (χ1n) is 8.96. The van der Waals surface area contributed by atoms with Crippen molar-refractivity contribution in [2.75, 3.05) is 0 Å². The Morgan fingerprint density at radius 3 is 2.16 bits per heavy atom. The van der Waals surface area contributed by atoms with E-state index in [0.717, 1.165) is 17.9 Å². The maximum absolute atomic E-state index is 6.09. The number of amidine groups is 1. The average molecular weight is 355 g/mol. The molecule has 0 aromatic heterocycles. The van der Waals surface area contributed by atoms with Gasteiger partial charge >= 0.3 is 0 Å². The number of nitrogens with two attached hydrogens (primary N) is 1. The number of benzene rings is 2. The molecule has 2 nitrogen and oxygen atoms in total. The fraction of sp³-hybridized carbons (Fsp3) is 0.409. The van der Waals surface area contributed by atoms with Gasteiger partial charge in [0, 0.05) is 5.75 Å². The Morgan fingerprint density at radius 2 is 1.64 bits per heavy atom. The highest BCUT2D eigenvalue weighted by Crippen LogP contribution is 2.25. The Labute approximate surface area is 156 Å². The van der Waals surface area contributed by atoms with E-state index in [9.17, 15) is 0 Å². The van der Waals surface area contributed by atoms with Gasteiger partial charge in [0.25, 0.3) is 0 Å². The van der Waals surface area contributed by atoms with Crippen LogP contribution in [0.1, 0.15) is 63.6 Å². The highest BCUT2D eigenvalue weighted by Gasteiger charge is 2.12. The lowest BCUT2D eigenvalue weighted by Crippen LogP contribution is -2.10. The number of nitrogens with zero attached hydrogens (tertiary/aromatic N) is 1. The van der Waals surface area contributed by atoms with E-state index in [-0.39, 0.29) is 5.41 Å². The molecule has 2 aromatic rings. The molecule has 1 atom stereocenters. The van der Waals surface area contributed by atoms with Crippen LogP contribution in [0.25, 0.3) is 0 Å². The summed E-state index contributed by atoms with van der Waals surface area (Å²) in [5.41, 5.74) is 11.2. The van der Waals surface area contributed by atoms with Crippen LogP contribution in [-0.2, 0) is 11.2 Å². The van der Waals surface area contributed by atoms with Gasteiger partial charge in [-0.3, -0.25) is 0 Å². The second-order valence-electron chi connectivity index (χ2n) is 7.59. The molecule has 2 aromatic carbocycles. The van der Waals surface area contributed by atoms with Crippen molar-refractivity contribution >= 4 is 22.6 Å². The summed E-state index contributed by atoms with van der Waals surface area (Å²) in [5, 5.41) is 0.608. The molecule has 0 fully saturated rings. The number of hydrogen-bond acceptors (Lipinski definition) is 2. The molecule has 0 amide bonds. The molecule has 0 aliphatic carbocycles. The van der Waals surface area contributed by atoms with Crippen LogP contribution in [0.5, 0.6) is 0 Å². The summed E-state index contributed by atoms with van der Waals surface area (Å²) in [6.45, 7) is 11.1. The fourth-order valence-corrected chi connectivity index (χ4v) is 3.21. The maximum Gasteiger partial charge on any atom is 0.159 e. The third kappa shape index (κ3) is 5.93. The summed E-state index contributed by atoms with van der Waals surface area (Å²) in [4.78, 5) is 4.51. The molecule has 0 unspecified atom stereocenters. The minimum Gasteiger partial charge on any atom is -0.378 e. The Morgan fingerprint density at radius 1 is 1.04 bits per heavy atom. The number of rotatable bonds is 5. The minimum absolute atomic E-state index is 0.188. The van der Waals surface area contributed by atoms with E-state index in [1.165, 1.54) is 16.7 Å². The quantitative estimate of drug-likeness (QED) is 0.500. The Bertz CT molecular complexity index is 694. The van der Waals surface area contributed by atoms with Gasteiger partial charge in [-0.2, -0.15) is 0 Å². The third-order valence-electron chi connectivity index (χ3n) is 4.52. The SMILES string of the molecule is CC[C@H](C)c1ccc(N=C(N)SCc2ccc(C(C)(C)C)cc2)cc1. The molecular formula is C22H30N2S. The van der Waals surface area contributed by atoms with E-state index in [1.807, 2.05) is 12.1 Å². The van der Waals surface area contributed by atoms with Gasteiger partial charge in [0.15, 0.2) is 5.17 Å². The lowest BCUT2D eigenvalue weighted by molar-refractivity contribution is 0.590. The first-order valence-corrected chi connectivity index (χ1v) is 9.94. The van der Waals surface area contributed by atoms with Crippen LogP contribution < -0.4 is 5.73 Å². The van der Waals surface area contributed by atoms with Crippen LogP contribution in [0.3, 0.4) is 0 Å². The van der Waals surface area contributed by atoms with Gasteiger partial charge in [0.05, 0.1) is 5.69 Å². The molecule has 2 rings (SSSR count). The van der Waals surface area contributed by atoms with Crippen LogP contribution in [0.2, 0.25) is 0 Å². The van der Waals surface area contributed by atoms with E-state index in [1.54, 1.807) is 11.8 Å². The highest BCUT2D eigenvalue weighted by molar-refractivity contribution is 8.13. The first kappa shape index (κ1) is 19.6. The predicted molar refractivity (Wildman–Crippen MR) is 113 cm³/mol. The Hall–Kier alpha value is -1.74. The highest BCUT2D eigenvalue weighted by atomic mass is 32.2. The number of hydrogen-bond donors (Lipinski definition) is 1. The minimum atomic E-state index is 0.188. The molecule has 25 heavy (non-hydrogen) atoms. The Kier molecular flexibility index (Phi) is 6.71. The van der Waals surface area contributed by atoms with Crippen LogP contribution in [-0.4, -0.2) is 5.17 Å². The molecule has 0 aliphatic rings. The molecule has 0 saturated heterocycles. The zero-order valence-electron chi connectivity index (χ0n) is 16.0. The molecule has 0 heterocycles. The van der Waals surface area contributed by atoms with Gasteiger partial charge in [0.1, 0.15) is 0 Å². The monoisotopic (exact) mass is 354 g/mol. The topological polar surface area (TPSA) is 38.4 Å². The van der Waals surface area contributed by atoms with Gasteiger partial charge in [-0.05, 0) is 46.6 Å². The molecule has 0 aliphatic heterocycles. The normalized spacial score (nSPS) is 13.7. The van der Waals surface area contributed by atoms with E-state index >= 15 is 0 Å². The summed E-state index contributed by atoms with van der Waals surface area (Å²) in [6.07, 6.45) is 1.15. The Balaban J connectivity index is 1.95. The standard InChI is InChI=1S/C22H30N2S/c1-6-16(2)18-9-13-20(14-10-18)24-21(23)25-15-17-7-11-19(12-8-17)22(3,4)5/h7-14,16H,6,15H2,1-5H3,(H2,23,24)/t16-/m0/s1. The lowest BCUT2D eigenvalue weighted by Gasteiger charge is -2.19. The van der Waals surface area contributed by atoms with Crippen molar-refractivity contribution in [3.63, 3.8) is 0 Å². The largest absolute Gasteiger partial charge is 0.378 e. The van der Waals surface area contributed by atoms with E-state index in [2.05, 4.69) is 76.0 Å². The van der Waals surface area contributed by atoms with E-state index in [0.29, 0.717) is 11.1 Å². The van der Waals surface area contributed by atoms with Crippen LogP contribution >= 0.6 is 11.8 Å². The van der Waals surface area contributed by atoms with Crippen molar-refractivity contribution in [1.29, 1.82) is 0 Å². The van der Waals surface area contributed by atoms with Gasteiger partial charge in [-0.25, -0.2) is 4.99 Å². The smallest absolute Gasteiger partial charge is 0.159 e.